The molecule has 32 heavy (non-hydrogen) atoms. The molecule has 1 heterocycles. The number of esters is 1. The molecular formula is C22H27N3O5S2. The molecule has 8 nitrogen and oxygen atoms in total. The van der Waals surface area contributed by atoms with Crippen LogP contribution in [0.25, 0.3) is 0 Å². The SMILES string of the molecule is COC(=O)[C@H](Cc1ccccc1)NC(=O)[C@@H]1CCCN1S(=O)(=O)c1ccc(NSC)cc1. The molecule has 3 rings (SSSR count). The van der Waals surface area contributed by atoms with Gasteiger partial charge >= 0.3 is 5.97 Å². The zero-order valence-corrected chi connectivity index (χ0v) is 19.6. The molecule has 0 spiro atoms. The number of anilines is 1. The number of hydrogen-bond acceptors (Lipinski definition) is 7. The summed E-state index contributed by atoms with van der Waals surface area (Å²) in [5.41, 5.74) is 1.65. The molecule has 10 heteroatoms. The maximum Gasteiger partial charge on any atom is 0.328 e. The van der Waals surface area contributed by atoms with Crippen molar-refractivity contribution >= 4 is 39.5 Å². The Kier molecular flexibility index (Phi) is 8.16. The second-order valence-electron chi connectivity index (χ2n) is 7.38. The van der Waals surface area contributed by atoms with E-state index in [4.69, 9.17) is 4.74 Å². The van der Waals surface area contributed by atoms with E-state index >= 15 is 0 Å². The molecule has 1 fully saturated rings. The average molecular weight is 478 g/mol. The van der Waals surface area contributed by atoms with Gasteiger partial charge in [0.05, 0.1) is 12.0 Å². The number of amides is 1. The Morgan fingerprint density at radius 1 is 1.16 bits per heavy atom. The first kappa shape index (κ1) is 24.1. The Labute approximate surface area is 192 Å². The van der Waals surface area contributed by atoms with Crippen molar-refractivity contribution in [1.82, 2.24) is 9.62 Å². The van der Waals surface area contributed by atoms with Gasteiger partial charge in [-0.25, -0.2) is 13.2 Å². The summed E-state index contributed by atoms with van der Waals surface area (Å²) in [6.07, 6.45) is 3.07. The molecule has 0 saturated carbocycles. The lowest BCUT2D eigenvalue weighted by Gasteiger charge is -2.25. The third kappa shape index (κ3) is 5.62. The van der Waals surface area contributed by atoms with Crippen molar-refractivity contribution in [2.24, 2.45) is 0 Å². The van der Waals surface area contributed by atoms with Crippen LogP contribution in [0.2, 0.25) is 0 Å². The molecule has 2 aromatic rings. The van der Waals surface area contributed by atoms with Crippen LogP contribution in [0.15, 0.2) is 59.5 Å². The van der Waals surface area contributed by atoms with Crippen molar-refractivity contribution in [2.75, 3.05) is 24.6 Å². The largest absolute Gasteiger partial charge is 0.467 e. The Bertz CT molecular complexity index is 1030. The number of carbonyl (C=O) groups is 2. The first-order chi connectivity index (χ1) is 15.4. The van der Waals surface area contributed by atoms with Crippen molar-refractivity contribution in [1.29, 1.82) is 0 Å². The molecule has 0 bridgehead atoms. The summed E-state index contributed by atoms with van der Waals surface area (Å²) in [5, 5.41) is 2.71. The highest BCUT2D eigenvalue weighted by Crippen LogP contribution is 2.27. The smallest absolute Gasteiger partial charge is 0.328 e. The molecule has 2 aromatic carbocycles. The molecule has 1 amide bonds. The van der Waals surface area contributed by atoms with E-state index < -0.39 is 34.0 Å². The van der Waals surface area contributed by atoms with E-state index in [-0.39, 0.29) is 17.9 Å². The van der Waals surface area contributed by atoms with Gasteiger partial charge in [0, 0.05) is 24.9 Å². The predicted molar refractivity (Wildman–Crippen MR) is 125 cm³/mol. The zero-order chi connectivity index (χ0) is 23.1. The number of nitrogens with one attached hydrogen (secondary N) is 2. The highest BCUT2D eigenvalue weighted by Gasteiger charge is 2.40. The number of methoxy groups -OCH3 is 1. The molecule has 172 valence electrons. The summed E-state index contributed by atoms with van der Waals surface area (Å²) >= 11 is 1.41. The lowest BCUT2D eigenvalue weighted by atomic mass is 10.1. The van der Waals surface area contributed by atoms with Gasteiger partial charge in [-0.05, 0) is 42.7 Å². The van der Waals surface area contributed by atoms with Crippen molar-refractivity contribution in [3.63, 3.8) is 0 Å². The standard InChI is InChI=1S/C22H27N3O5S2/c1-30-22(27)19(15-16-7-4-3-5-8-16)23-21(26)20-9-6-14-25(20)32(28,29)18-12-10-17(11-13-18)24-31-2/h3-5,7-8,10-13,19-20,24H,6,9,14-15H2,1-2H3,(H,23,26)/t19-,20-/m0/s1. The quantitative estimate of drug-likeness (QED) is 0.422. The average Bonchev–Trinajstić information content (AvgIpc) is 3.30. The van der Waals surface area contributed by atoms with Gasteiger partial charge in [0.15, 0.2) is 0 Å². The Morgan fingerprint density at radius 2 is 1.84 bits per heavy atom. The van der Waals surface area contributed by atoms with Gasteiger partial charge in [0.1, 0.15) is 12.1 Å². The minimum Gasteiger partial charge on any atom is -0.467 e. The zero-order valence-electron chi connectivity index (χ0n) is 18.0. The number of hydrogen-bond donors (Lipinski definition) is 2. The van der Waals surface area contributed by atoms with E-state index in [2.05, 4.69) is 10.0 Å². The van der Waals surface area contributed by atoms with E-state index in [1.54, 1.807) is 12.1 Å². The number of carbonyl (C=O) groups excluding carboxylic acids is 2. The first-order valence-corrected chi connectivity index (χ1v) is 12.9. The molecule has 2 atom stereocenters. The van der Waals surface area contributed by atoms with Gasteiger partial charge in [0.25, 0.3) is 0 Å². The van der Waals surface area contributed by atoms with Crippen LogP contribution in [0.5, 0.6) is 0 Å². The summed E-state index contributed by atoms with van der Waals surface area (Å²) in [5.74, 6) is -1.08. The third-order valence-electron chi connectivity index (χ3n) is 5.27. The molecule has 1 aliphatic heterocycles. The van der Waals surface area contributed by atoms with Gasteiger partial charge in [0.2, 0.25) is 15.9 Å². The minimum absolute atomic E-state index is 0.123. The van der Waals surface area contributed by atoms with Gasteiger partial charge < -0.3 is 14.8 Å². The maximum atomic E-state index is 13.2. The normalized spacial score (nSPS) is 17.5. The monoisotopic (exact) mass is 477 g/mol. The van der Waals surface area contributed by atoms with E-state index in [1.807, 2.05) is 36.6 Å². The van der Waals surface area contributed by atoms with Crippen LogP contribution in [0.4, 0.5) is 5.69 Å². The molecule has 1 saturated heterocycles. The van der Waals surface area contributed by atoms with Crippen LogP contribution >= 0.6 is 11.9 Å². The Morgan fingerprint density at radius 3 is 2.47 bits per heavy atom. The summed E-state index contributed by atoms with van der Waals surface area (Å²) < 4.78 is 35.5. The third-order valence-corrected chi connectivity index (χ3v) is 7.63. The molecule has 0 unspecified atom stereocenters. The Hall–Kier alpha value is -2.56. The molecule has 0 aromatic heterocycles. The van der Waals surface area contributed by atoms with E-state index in [9.17, 15) is 18.0 Å². The predicted octanol–water partition coefficient (Wildman–Crippen LogP) is 2.43. The summed E-state index contributed by atoms with van der Waals surface area (Å²) in [6.45, 7) is 0.243. The summed E-state index contributed by atoms with van der Waals surface area (Å²) in [7, 11) is -2.61. The maximum absolute atomic E-state index is 13.2. The molecule has 0 radical (unpaired) electrons. The van der Waals surface area contributed by atoms with Crippen molar-refractivity contribution in [3.05, 3.63) is 60.2 Å². The Balaban J connectivity index is 1.76. The highest BCUT2D eigenvalue weighted by molar-refractivity contribution is 7.99. The lowest BCUT2D eigenvalue weighted by Crippen LogP contribution is -2.51. The molecule has 0 aliphatic carbocycles. The van der Waals surface area contributed by atoms with Crippen LogP contribution in [0, 0.1) is 0 Å². The van der Waals surface area contributed by atoms with Crippen molar-refractivity contribution in [2.45, 2.75) is 36.2 Å². The van der Waals surface area contributed by atoms with E-state index in [0.717, 1.165) is 11.3 Å². The second kappa shape index (κ2) is 10.8. The molecule has 2 N–H and O–H groups in total. The van der Waals surface area contributed by atoms with Gasteiger partial charge in [-0.3, -0.25) is 4.79 Å². The molecular weight excluding hydrogens is 450 g/mol. The lowest BCUT2D eigenvalue weighted by molar-refractivity contribution is -0.145. The van der Waals surface area contributed by atoms with E-state index in [0.29, 0.717) is 12.8 Å². The van der Waals surface area contributed by atoms with Crippen LogP contribution in [0.3, 0.4) is 0 Å². The molecule has 1 aliphatic rings. The first-order valence-electron chi connectivity index (χ1n) is 10.2. The van der Waals surface area contributed by atoms with Gasteiger partial charge in [-0.15, -0.1) is 0 Å². The van der Waals surface area contributed by atoms with Crippen molar-refractivity contribution < 1.29 is 22.7 Å². The number of nitrogens with zero attached hydrogens (tertiary/aromatic N) is 1. The van der Waals surface area contributed by atoms with Gasteiger partial charge in [-0.1, -0.05) is 42.3 Å². The second-order valence-corrected chi connectivity index (χ2v) is 9.88. The number of rotatable bonds is 9. The topological polar surface area (TPSA) is 105 Å². The number of sulfonamides is 1. The van der Waals surface area contributed by atoms with Crippen molar-refractivity contribution in [3.8, 4) is 0 Å². The van der Waals surface area contributed by atoms with Crippen LogP contribution in [0.1, 0.15) is 18.4 Å². The fourth-order valence-corrected chi connectivity index (χ4v) is 5.72. The number of benzene rings is 2. The fourth-order valence-electron chi connectivity index (χ4n) is 3.69. The van der Waals surface area contributed by atoms with Crippen LogP contribution in [-0.4, -0.2) is 56.6 Å². The highest BCUT2D eigenvalue weighted by atomic mass is 32.2. The minimum atomic E-state index is -3.86. The van der Waals surface area contributed by atoms with Crippen LogP contribution < -0.4 is 10.0 Å². The fraction of sp³-hybridized carbons (Fsp3) is 0.364. The summed E-state index contributed by atoms with van der Waals surface area (Å²) in [4.78, 5) is 25.5. The van der Waals surface area contributed by atoms with Crippen LogP contribution in [-0.2, 0) is 30.8 Å². The van der Waals surface area contributed by atoms with E-state index in [1.165, 1.54) is 35.5 Å². The summed E-state index contributed by atoms with van der Waals surface area (Å²) in [6, 6.07) is 13.9. The number of ether oxygens (including phenoxy) is 1. The van der Waals surface area contributed by atoms with Gasteiger partial charge in [-0.2, -0.15) is 4.31 Å².